The lowest BCUT2D eigenvalue weighted by Gasteiger charge is -2.35. The van der Waals surface area contributed by atoms with Crippen molar-refractivity contribution in [3.8, 4) is 17.2 Å². The van der Waals surface area contributed by atoms with Crippen LogP contribution < -0.4 is 0 Å². The van der Waals surface area contributed by atoms with Crippen molar-refractivity contribution in [3.05, 3.63) is 89.5 Å². The molecule has 3 aromatic carbocycles. The number of likely N-dealkylation sites (N-methyl/N-ethyl adjacent to an activating group) is 1. The van der Waals surface area contributed by atoms with Crippen LogP contribution >= 0.6 is 0 Å². The molecule has 1 N–H and O–H groups in total. The lowest BCUT2D eigenvalue weighted by atomic mass is 9.94. The van der Waals surface area contributed by atoms with Crippen molar-refractivity contribution < 1.29 is 23.1 Å². The number of hydrogen-bond donors (Lipinski definition) is 1. The Morgan fingerprint density at radius 2 is 1.67 bits per heavy atom. The van der Waals surface area contributed by atoms with E-state index in [9.17, 15) is 18.3 Å². The van der Waals surface area contributed by atoms with Gasteiger partial charge in [0.1, 0.15) is 0 Å². The standard InChI is InChI=1S/C30H33N3O5S/c1-21-17-33(22(2)19-34)30(35)28-11-7-6-10-27(28)26-9-5-4-8-24(26)20-38-29(21)18-32(3)39(36,37)25-14-12-23(16-31)13-15-25/h4-15,21-22,29,34H,17-20H2,1-3H3/t21-,22+,29+/m0/s1. The Hall–Kier alpha value is -3.55. The molecule has 3 atom stereocenters. The lowest BCUT2D eigenvalue weighted by molar-refractivity contribution is -0.0146. The van der Waals surface area contributed by atoms with E-state index in [1.807, 2.05) is 55.5 Å². The molecular weight excluding hydrogens is 514 g/mol. The fourth-order valence-electron chi connectivity index (χ4n) is 4.78. The molecule has 0 saturated heterocycles. The first-order valence-electron chi connectivity index (χ1n) is 12.8. The van der Waals surface area contributed by atoms with Crippen LogP contribution in [0.2, 0.25) is 0 Å². The molecule has 0 aromatic heterocycles. The number of nitriles is 1. The maximum atomic E-state index is 13.9. The molecule has 0 spiro atoms. The van der Waals surface area contributed by atoms with Crippen LogP contribution in [0.15, 0.2) is 77.7 Å². The van der Waals surface area contributed by atoms with Crippen molar-refractivity contribution >= 4 is 15.9 Å². The maximum Gasteiger partial charge on any atom is 0.254 e. The first-order chi connectivity index (χ1) is 18.7. The molecule has 204 valence electrons. The number of fused-ring (bicyclic) bond motifs is 3. The number of aliphatic hydroxyl groups excluding tert-OH is 1. The van der Waals surface area contributed by atoms with Gasteiger partial charge in [-0.25, -0.2) is 8.42 Å². The smallest absolute Gasteiger partial charge is 0.254 e. The highest BCUT2D eigenvalue weighted by atomic mass is 32.2. The topological polar surface area (TPSA) is 111 Å². The molecule has 8 nitrogen and oxygen atoms in total. The van der Waals surface area contributed by atoms with Gasteiger partial charge in [0.15, 0.2) is 0 Å². The van der Waals surface area contributed by atoms with Crippen LogP contribution in [-0.2, 0) is 21.4 Å². The van der Waals surface area contributed by atoms with Gasteiger partial charge < -0.3 is 14.7 Å². The average Bonchev–Trinajstić information content (AvgIpc) is 2.98. The lowest BCUT2D eigenvalue weighted by Crippen LogP contribution is -2.47. The fourth-order valence-corrected chi connectivity index (χ4v) is 5.97. The second kappa shape index (κ2) is 12.1. The minimum absolute atomic E-state index is 0.0498. The summed E-state index contributed by atoms with van der Waals surface area (Å²) >= 11 is 0. The zero-order valence-electron chi connectivity index (χ0n) is 22.3. The summed E-state index contributed by atoms with van der Waals surface area (Å²) in [6, 6.07) is 22.5. The molecule has 3 aromatic rings. The number of hydrogen-bond acceptors (Lipinski definition) is 6. The van der Waals surface area contributed by atoms with Crippen molar-refractivity contribution in [2.75, 3.05) is 26.7 Å². The normalized spacial score (nSPS) is 19.0. The van der Waals surface area contributed by atoms with Gasteiger partial charge in [0.25, 0.3) is 5.91 Å². The molecule has 0 saturated carbocycles. The molecule has 1 aliphatic rings. The molecule has 0 unspecified atom stereocenters. The summed E-state index contributed by atoms with van der Waals surface area (Å²) in [5.41, 5.74) is 3.44. The fraction of sp³-hybridized carbons (Fsp3) is 0.333. The summed E-state index contributed by atoms with van der Waals surface area (Å²) in [5, 5.41) is 19.0. The van der Waals surface area contributed by atoms with Crippen molar-refractivity contribution in [2.45, 2.75) is 37.5 Å². The van der Waals surface area contributed by atoms with Gasteiger partial charge in [-0.3, -0.25) is 4.79 Å². The van der Waals surface area contributed by atoms with Gasteiger partial charge in [0.05, 0.1) is 41.9 Å². The van der Waals surface area contributed by atoms with E-state index < -0.39 is 22.2 Å². The summed E-state index contributed by atoms with van der Waals surface area (Å²) in [7, 11) is -2.36. The largest absolute Gasteiger partial charge is 0.394 e. The summed E-state index contributed by atoms with van der Waals surface area (Å²) in [5.74, 6) is -0.466. The Bertz CT molecular complexity index is 1470. The second-order valence-corrected chi connectivity index (χ2v) is 12.0. The number of carbonyl (C=O) groups is 1. The number of aliphatic hydroxyl groups is 1. The molecule has 1 heterocycles. The van der Waals surface area contributed by atoms with Crippen LogP contribution in [0.25, 0.3) is 11.1 Å². The van der Waals surface area contributed by atoms with E-state index in [0.717, 1.165) is 16.7 Å². The predicted molar refractivity (Wildman–Crippen MR) is 148 cm³/mol. The Kier molecular flexibility index (Phi) is 8.83. The monoisotopic (exact) mass is 547 g/mol. The van der Waals surface area contributed by atoms with E-state index in [1.165, 1.54) is 35.6 Å². The molecule has 39 heavy (non-hydrogen) atoms. The Morgan fingerprint density at radius 1 is 1.05 bits per heavy atom. The summed E-state index contributed by atoms with van der Waals surface area (Å²) in [6.45, 7) is 4.05. The van der Waals surface area contributed by atoms with Gasteiger partial charge in [-0.2, -0.15) is 9.57 Å². The van der Waals surface area contributed by atoms with Gasteiger partial charge in [-0.05, 0) is 53.9 Å². The van der Waals surface area contributed by atoms with Gasteiger partial charge in [-0.15, -0.1) is 0 Å². The maximum absolute atomic E-state index is 13.9. The number of rotatable bonds is 6. The minimum atomic E-state index is -3.86. The molecule has 0 radical (unpaired) electrons. The molecule has 0 fully saturated rings. The Balaban J connectivity index is 1.72. The van der Waals surface area contributed by atoms with Crippen molar-refractivity contribution in [3.63, 3.8) is 0 Å². The quantitative estimate of drug-likeness (QED) is 0.501. The molecule has 4 rings (SSSR count). The van der Waals surface area contributed by atoms with Gasteiger partial charge >= 0.3 is 0 Å². The summed E-state index contributed by atoms with van der Waals surface area (Å²) in [6.07, 6.45) is -0.557. The van der Waals surface area contributed by atoms with E-state index in [-0.39, 0.29) is 43.0 Å². The average molecular weight is 548 g/mol. The summed E-state index contributed by atoms with van der Waals surface area (Å²) in [4.78, 5) is 15.6. The minimum Gasteiger partial charge on any atom is -0.394 e. The third-order valence-electron chi connectivity index (χ3n) is 7.22. The molecule has 1 aliphatic heterocycles. The van der Waals surface area contributed by atoms with Gasteiger partial charge in [0.2, 0.25) is 10.0 Å². The Labute approximate surface area is 230 Å². The van der Waals surface area contributed by atoms with Crippen LogP contribution in [0.1, 0.15) is 35.3 Å². The van der Waals surface area contributed by atoms with Gasteiger partial charge in [0, 0.05) is 31.6 Å². The summed E-state index contributed by atoms with van der Waals surface area (Å²) < 4.78 is 34.4. The number of nitrogens with zero attached hydrogens (tertiary/aromatic N) is 3. The highest BCUT2D eigenvalue weighted by Gasteiger charge is 2.32. The van der Waals surface area contributed by atoms with Crippen LogP contribution in [0.3, 0.4) is 0 Å². The van der Waals surface area contributed by atoms with Crippen LogP contribution in [0, 0.1) is 17.2 Å². The first kappa shape index (κ1) is 28.5. The molecule has 0 aliphatic carbocycles. The molecule has 0 bridgehead atoms. The van der Waals surface area contributed by atoms with E-state index in [4.69, 9.17) is 10.00 Å². The highest BCUT2D eigenvalue weighted by molar-refractivity contribution is 7.89. The SMILES string of the molecule is C[C@H](CO)N1C[C@H](C)[C@@H](CN(C)S(=O)(=O)c2ccc(C#N)cc2)OCc2ccccc2-c2ccccc2C1=O. The predicted octanol–water partition coefficient (Wildman–Crippen LogP) is 3.90. The molecule has 9 heteroatoms. The number of carbonyl (C=O) groups excluding carboxylic acids is 1. The third kappa shape index (κ3) is 6.05. The zero-order valence-corrected chi connectivity index (χ0v) is 23.1. The van der Waals surface area contributed by atoms with E-state index in [2.05, 4.69) is 0 Å². The van der Waals surface area contributed by atoms with Crippen LogP contribution in [-0.4, -0.2) is 67.5 Å². The highest BCUT2D eigenvalue weighted by Crippen LogP contribution is 2.31. The van der Waals surface area contributed by atoms with Crippen molar-refractivity contribution in [1.82, 2.24) is 9.21 Å². The van der Waals surface area contributed by atoms with Gasteiger partial charge in [-0.1, -0.05) is 49.4 Å². The molecular formula is C30H33N3O5S. The number of amides is 1. The number of ether oxygens (including phenoxy) is 1. The van der Waals surface area contributed by atoms with E-state index >= 15 is 0 Å². The third-order valence-corrected chi connectivity index (χ3v) is 9.06. The number of sulfonamides is 1. The first-order valence-corrected chi connectivity index (χ1v) is 14.3. The second-order valence-electron chi connectivity index (χ2n) is 9.94. The van der Waals surface area contributed by atoms with Crippen molar-refractivity contribution in [1.29, 1.82) is 5.26 Å². The van der Waals surface area contributed by atoms with Crippen LogP contribution in [0.5, 0.6) is 0 Å². The molecule has 1 amide bonds. The zero-order chi connectivity index (χ0) is 28.2. The van der Waals surface area contributed by atoms with E-state index in [0.29, 0.717) is 11.1 Å². The Morgan fingerprint density at radius 3 is 2.31 bits per heavy atom. The number of benzene rings is 3. The van der Waals surface area contributed by atoms with Crippen molar-refractivity contribution in [2.24, 2.45) is 5.92 Å². The van der Waals surface area contributed by atoms with Crippen LogP contribution in [0.4, 0.5) is 0 Å². The van der Waals surface area contributed by atoms with E-state index in [1.54, 1.807) is 17.9 Å².